The number of aryl methyl sites for hydroxylation is 1. The maximum atomic E-state index is 9.13. The van der Waals surface area contributed by atoms with Crippen molar-refractivity contribution in [3.8, 4) is 0 Å². The molecule has 1 aromatic rings. The Labute approximate surface area is 90.8 Å². The van der Waals surface area contributed by atoms with Crippen LogP contribution in [0.3, 0.4) is 0 Å². The first-order valence-corrected chi connectivity index (χ1v) is 5.52. The molecule has 1 saturated carbocycles. The van der Waals surface area contributed by atoms with Crippen molar-refractivity contribution < 1.29 is 5.11 Å². The fourth-order valence-corrected chi connectivity index (χ4v) is 1.95. The lowest BCUT2D eigenvalue weighted by Gasteiger charge is -2.35. The summed E-state index contributed by atoms with van der Waals surface area (Å²) in [5.41, 5.74) is 1.92. The minimum absolute atomic E-state index is 0.0921. The van der Waals surface area contributed by atoms with Crippen molar-refractivity contribution in [2.45, 2.75) is 38.8 Å². The molecule has 3 nitrogen and oxygen atoms in total. The molecule has 0 unspecified atom stereocenters. The predicted molar refractivity (Wildman–Crippen MR) is 60.9 cm³/mol. The van der Waals surface area contributed by atoms with Crippen molar-refractivity contribution in [3.63, 3.8) is 0 Å². The second-order valence-electron chi connectivity index (χ2n) is 4.33. The van der Waals surface area contributed by atoms with Crippen LogP contribution >= 0.6 is 0 Å². The minimum Gasteiger partial charge on any atom is -0.392 e. The van der Waals surface area contributed by atoms with Crippen LogP contribution in [0.15, 0.2) is 12.1 Å². The standard InChI is InChI=1S/C12H18N2O/c1-9-6-10(8-15)7-12(13-9)14(2)11-4-3-5-11/h6-7,11,15H,3-5,8H2,1-2H3. The molecule has 0 spiro atoms. The fourth-order valence-electron chi connectivity index (χ4n) is 1.95. The van der Waals surface area contributed by atoms with E-state index >= 15 is 0 Å². The lowest BCUT2D eigenvalue weighted by molar-refractivity contribution is 0.281. The number of rotatable bonds is 3. The first kappa shape index (κ1) is 10.4. The monoisotopic (exact) mass is 206 g/mol. The van der Waals surface area contributed by atoms with Gasteiger partial charge in [-0.25, -0.2) is 4.98 Å². The molecule has 0 bridgehead atoms. The van der Waals surface area contributed by atoms with Crippen LogP contribution in [0, 0.1) is 6.92 Å². The van der Waals surface area contributed by atoms with Crippen LogP contribution in [0.4, 0.5) is 5.82 Å². The van der Waals surface area contributed by atoms with Crippen molar-refractivity contribution in [2.24, 2.45) is 0 Å². The fraction of sp³-hybridized carbons (Fsp3) is 0.583. The number of pyridine rings is 1. The number of hydrogen-bond acceptors (Lipinski definition) is 3. The molecule has 82 valence electrons. The summed E-state index contributed by atoms with van der Waals surface area (Å²) in [4.78, 5) is 6.73. The predicted octanol–water partition coefficient (Wildman–Crippen LogP) is 1.87. The van der Waals surface area contributed by atoms with Crippen LogP contribution in [-0.2, 0) is 6.61 Å². The second kappa shape index (κ2) is 4.19. The molecule has 1 heterocycles. The molecule has 0 saturated heterocycles. The van der Waals surface area contributed by atoms with Crippen LogP contribution < -0.4 is 4.90 Å². The highest BCUT2D eigenvalue weighted by molar-refractivity contribution is 5.43. The summed E-state index contributed by atoms with van der Waals surface area (Å²) in [6, 6.07) is 4.55. The van der Waals surface area contributed by atoms with Crippen molar-refractivity contribution in [1.29, 1.82) is 0 Å². The average molecular weight is 206 g/mol. The Morgan fingerprint density at radius 2 is 2.20 bits per heavy atom. The van der Waals surface area contributed by atoms with Crippen LogP contribution in [-0.4, -0.2) is 23.2 Å². The SMILES string of the molecule is Cc1cc(CO)cc(N(C)C2CCC2)n1. The Hall–Kier alpha value is -1.09. The quantitative estimate of drug-likeness (QED) is 0.820. The summed E-state index contributed by atoms with van der Waals surface area (Å²) in [5, 5.41) is 9.13. The molecule has 1 aromatic heterocycles. The normalized spacial score (nSPS) is 16.2. The van der Waals surface area contributed by atoms with Gasteiger partial charge < -0.3 is 10.0 Å². The highest BCUT2D eigenvalue weighted by Gasteiger charge is 2.23. The van der Waals surface area contributed by atoms with E-state index in [0.29, 0.717) is 6.04 Å². The Morgan fingerprint density at radius 3 is 2.73 bits per heavy atom. The third kappa shape index (κ3) is 2.12. The van der Waals surface area contributed by atoms with E-state index in [2.05, 4.69) is 16.9 Å². The van der Waals surface area contributed by atoms with Gasteiger partial charge in [0.15, 0.2) is 0 Å². The molecule has 0 amide bonds. The molecular weight excluding hydrogens is 188 g/mol. The van der Waals surface area contributed by atoms with E-state index in [1.807, 2.05) is 19.1 Å². The number of nitrogens with zero attached hydrogens (tertiary/aromatic N) is 2. The van der Waals surface area contributed by atoms with Gasteiger partial charge >= 0.3 is 0 Å². The summed E-state index contributed by atoms with van der Waals surface area (Å²) in [7, 11) is 2.09. The zero-order valence-corrected chi connectivity index (χ0v) is 9.40. The van der Waals surface area contributed by atoms with Gasteiger partial charge in [0.2, 0.25) is 0 Å². The Morgan fingerprint density at radius 1 is 1.47 bits per heavy atom. The summed E-state index contributed by atoms with van der Waals surface area (Å²) < 4.78 is 0. The van der Waals surface area contributed by atoms with Gasteiger partial charge in [0.25, 0.3) is 0 Å². The molecule has 3 heteroatoms. The van der Waals surface area contributed by atoms with E-state index in [1.165, 1.54) is 19.3 Å². The average Bonchev–Trinajstić information content (AvgIpc) is 2.14. The van der Waals surface area contributed by atoms with Gasteiger partial charge in [-0.1, -0.05) is 0 Å². The summed E-state index contributed by atoms with van der Waals surface area (Å²) in [6.45, 7) is 2.06. The number of hydrogen-bond donors (Lipinski definition) is 1. The van der Waals surface area contributed by atoms with Gasteiger partial charge in [-0.05, 0) is 43.9 Å². The highest BCUT2D eigenvalue weighted by atomic mass is 16.3. The molecule has 15 heavy (non-hydrogen) atoms. The third-order valence-electron chi connectivity index (χ3n) is 3.17. The van der Waals surface area contributed by atoms with E-state index in [0.717, 1.165) is 17.1 Å². The van der Waals surface area contributed by atoms with Crippen LogP contribution in [0.25, 0.3) is 0 Å². The number of aromatic nitrogens is 1. The maximum absolute atomic E-state index is 9.13. The Kier molecular flexibility index (Phi) is 2.91. The first-order chi connectivity index (χ1) is 7.20. The van der Waals surface area contributed by atoms with Gasteiger partial charge in [-0.2, -0.15) is 0 Å². The molecular formula is C12H18N2O. The molecule has 1 fully saturated rings. The Balaban J connectivity index is 2.22. The molecule has 0 atom stereocenters. The van der Waals surface area contributed by atoms with Gasteiger partial charge in [-0.3, -0.25) is 0 Å². The van der Waals surface area contributed by atoms with Gasteiger partial charge in [-0.15, -0.1) is 0 Å². The second-order valence-corrected chi connectivity index (χ2v) is 4.33. The van der Waals surface area contributed by atoms with E-state index in [-0.39, 0.29) is 6.61 Å². The van der Waals surface area contributed by atoms with E-state index in [1.54, 1.807) is 0 Å². The number of aliphatic hydroxyl groups excluding tert-OH is 1. The van der Waals surface area contributed by atoms with Gasteiger partial charge in [0, 0.05) is 18.8 Å². The van der Waals surface area contributed by atoms with Crippen LogP contribution in [0.5, 0.6) is 0 Å². The van der Waals surface area contributed by atoms with Crippen LogP contribution in [0.1, 0.15) is 30.5 Å². The molecule has 1 aliphatic rings. The van der Waals surface area contributed by atoms with Crippen molar-refractivity contribution >= 4 is 5.82 Å². The maximum Gasteiger partial charge on any atom is 0.129 e. The smallest absolute Gasteiger partial charge is 0.129 e. The zero-order chi connectivity index (χ0) is 10.8. The molecule has 0 aliphatic heterocycles. The van der Waals surface area contributed by atoms with E-state index < -0.39 is 0 Å². The van der Waals surface area contributed by atoms with Gasteiger partial charge in [0.05, 0.1) is 6.61 Å². The van der Waals surface area contributed by atoms with E-state index in [4.69, 9.17) is 5.11 Å². The summed E-state index contributed by atoms with van der Waals surface area (Å²) >= 11 is 0. The molecule has 1 N–H and O–H groups in total. The molecule has 0 aromatic carbocycles. The lowest BCUT2D eigenvalue weighted by Crippen LogP contribution is -2.37. The molecule has 0 radical (unpaired) electrons. The van der Waals surface area contributed by atoms with E-state index in [9.17, 15) is 0 Å². The highest BCUT2D eigenvalue weighted by Crippen LogP contribution is 2.27. The number of anilines is 1. The number of aliphatic hydroxyl groups is 1. The molecule has 1 aliphatic carbocycles. The Bertz CT molecular complexity index is 347. The molecule has 2 rings (SSSR count). The first-order valence-electron chi connectivity index (χ1n) is 5.52. The largest absolute Gasteiger partial charge is 0.392 e. The summed E-state index contributed by atoms with van der Waals surface area (Å²) in [5.74, 6) is 0.990. The minimum atomic E-state index is 0.0921. The lowest BCUT2D eigenvalue weighted by atomic mass is 9.92. The zero-order valence-electron chi connectivity index (χ0n) is 9.40. The topological polar surface area (TPSA) is 36.4 Å². The summed E-state index contributed by atoms with van der Waals surface area (Å²) in [6.07, 6.45) is 3.86. The third-order valence-corrected chi connectivity index (χ3v) is 3.17. The van der Waals surface area contributed by atoms with Crippen LogP contribution in [0.2, 0.25) is 0 Å². The van der Waals surface area contributed by atoms with Gasteiger partial charge in [0.1, 0.15) is 5.82 Å². The van der Waals surface area contributed by atoms with Crippen molar-refractivity contribution in [3.05, 3.63) is 23.4 Å². The van der Waals surface area contributed by atoms with Crippen molar-refractivity contribution in [2.75, 3.05) is 11.9 Å². The van der Waals surface area contributed by atoms with Crippen molar-refractivity contribution in [1.82, 2.24) is 4.98 Å².